The van der Waals surface area contributed by atoms with E-state index < -0.39 is 21.5 Å². The highest BCUT2D eigenvalue weighted by Crippen LogP contribution is 2.53. The summed E-state index contributed by atoms with van der Waals surface area (Å²) in [6.07, 6.45) is 4.47. The van der Waals surface area contributed by atoms with Gasteiger partial charge in [0.1, 0.15) is 11.9 Å². The molecule has 2 aromatic rings. The number of hydrogen-bond donors (Lipinski definition) is 1. The average molecular weight is 475 g/mol. The lowest BCUT2D eigenvalue weighted by molar-refractivity contribution is -0.0521. The molecule has 3 heterocycles. The van der Waals surface area contributed by atoms with Gasteiger partial charge in [-0.15, -0.1) is 0 Å². The van der Waals surface area contributed by atoms with Crippen LogP contribution >= 0.6 is 0 Å². The number of benzene rings is 1. The number of piperidine rings is 1. The number of amides is 1. The molecule has 2 aliphatic heterocycles. The van der Waals surface area contributed by atoms with Crippen molar-refractivity contribution in [1.29, 1.82) is 0 Å². The number of sulfone groups is 1. The summed E-state index contributed by atoms with van der Waals surface area (Å²) >= 11 is 0. The second-order valence-corrected chi connectivity index (χ2v) is 12.2. The molecule has 2 aliphatic rings. The number of carbonyl (C=O) groups is 1. The van der Waals surface area contributed by atoms with Crippen molar-refractivity contribution >= 4 is 15.9 Å². The van der Waals surface area contributed by atoms with E-state index in [9.17, 15) is 23.1 Å². The van der Waals surface area contributed by atoms with E-state index in [1.165, 1.54) is 22.8 Å². The minimum atomic E-state index is -3.31. The number of carboxylic acid groups (broad SMARTS) is 1. The van der Waals surface area contributed by atoms with E-state index in [1.54, 1.807) is 29.3 Å². The summed E-state index contributed by atoms with van der Waals surface area (Å²) in [7, 11) is -3.31. The molecule has 0 radical (unpaired) electrons. The quantitative estimate of drug-likeness (QED) is 0.724. The monoisotopic (exact) mass is 474 g/mol. The SMILES string of the molecule is CC(C)(C)[C@@]12CC[C@@H](C[C@@H](Oc3ccn(-c4ccc(S(C)(=O)=O)cc4)c(=O)c3)C1)N2C(=O)O. The fourth-order valence-electron chi connectivity index (χ4n) is 5.46. The van der Waals surface area contributed by atoms with Crippen molar-refractivity contribution in [1.82, 2.24) is 9.47 Å². The molecule has 0 saturated carbocycles. The Bertz CT molecular complexity index is 1230. The van der Waals surface area contributed by atoms with Gasteiger partial charge in [-0.3, -0.25) is 14.3 Å². The third-order valence-corrected chi connectivity index (χ3v) is 8.29. The van der Waals surface area contributed by atoms with Crippen LogP contribution in [0.5, 0.6) is 5.75 Å². The van der Waals surface area contributed by atoms with E-state index in [2.05, 4.69) is 20.8 Å². The van der Waals surface area contributed by atoms with Gasteiger partial charge in [-0.2, -0.15) is 0 Å². The lowest BCUT2D eigenvalue weighted by Crippen LogP contribution is -2.62. The van der Waals surface area contributed by atoms with Gasteiger partial charge >= 0.3 is 6.09 Å². The van der Waals surface area contributed by atoms with Gasteiger partial charge in [0.05, 0.1) is 10.4 Å². The normalized spacial score (nSPS) is 25.2. The lowest BCUT2D eigenvalue weighted by atomic mass is 9.68. The Morgan fingerprint density at radius 3 is 2.39 bits per heavy atom. The first-order chi connectivity index (χ1) is 15.3. The fraction of sp³-hybridized carbons (Fsp3) is 0.500. The molecule has 1 aromatic heterocycles. The highest BCUT2D eigenvalue weighted by atomic mass is 32.2. The van der Waals surface area contributed by atoms with Crippen LogP contribution in [0.3, 0.4) is 0 Å². The van der Waals surface area contributed by atoms with Crippen LogP contribution in [0.1, 0.15) is 46.5 Å². The lowest BCUT2D eigenvalue weighted by Gasteiger charge is -2.53. The largest absolute Gasteiger partial charge is 0.490 e. The van der Waals surface area contributed by atoms with Crippen LogP contribution in [0.15, 0.2) is 52.3 Å². The molecule has 4 rings (SSSR count). The molecule has 33 heavy (non-hydrogen) atoms. The Hall–Kier alpha value is -2.81. The summed E-state index contributed by atoms with van der Waals surface area (Å²) in [4.78, 5) is 26.6. The molecular formula is C24H30N2O6S. The van der Waals surface area contributed by atoms with Gasteiger partial charge in [-0.25, -0.2) is 13.2 Å². The third-order valence-electron chi connectivity index (χ3n) is 7.16. The van der Waals surface area contributed by atoms with Gasteiger partial charge in [0.25, 0.3) is 5.56 Å². The maximum Gasteiger partial charge on any atom is 0.408 e. The fourth-order valence-corrected chi connectivity index (χ4v) is 6.09. The number of aromatic nitrogens is 1. The first kappa shape index (κ1) is 23.4. The van der Waals surface area contributed by atoms with Gasteiger partial charge in [0, 0.05) is 43.1 Å². The molecule has 2 fully saturated rings. The van der Waals surface area contributed by atoms with Crippen LogP contribution in [0.25, 0.3) is 5.69 Å². The summed E-state index contributed by atoms with van der Waals surface area (Å²) in [6.45, 7) is 6.22. The van der Waals surface area contributed by atoms with Crippen LogP contribution in [-0.4, -0.2) is 53.0 Å². The standard InChI is InChI=1S/C24H30N2O6S/c1-23(2,3)24-11-9-17(26(24)22(28)29)13-19(15-24)32-18-10-12-25(21(27)14-18)16-5-7-20(8-6-16)33(4,30)31/h5-8,10,12,14,17,19H,9,11,13,15H2,1-4H3,(H,28,29)/t17-,19+,24+/m0/s1. The van der Waals surface area contributed by atoms with Gasteiger partial charge in [-0.1, -0.05) is 20.8 Å². The van der Waals surface area contributed by atoms with Crippen molar-refractivity contribution in [2.24, 2.45) is 5.41 Å². The van der Waals surface area contributed by atoms with Crippen molar-refractivity contribution in [3.63, 3.8) is 0 Å². The molecule has 0 unspecified atom stereocenters. The molecule has 0 spiro atoms. The Morgan fingerprint density at radius 2 is 1.85 bits per heavy atom. The molecule has 1 N–H and O–H groups in total. The Balaban J connectivity index is 1.56. The topological polar surface area (TPSA) is 106 Å². The van der Waals surface area contributed by atoms with Crippen LogP contribution in [0.2, 0.25) is 0 Å². The summed E-state index contributed by atoms with van der Waals surface area (Å²) in [5, 5.41) is 9.87. The molecule has 178 valence electrons. The minimum Gasteiger partial charge on any atom is -0.490 e. The number of ether oxygens (including phenoxy) is 1. The molecule has 2 bridgehead atoms. The van der Waals surface area contributed by atoms with E-state index in [-0.39, 0.29) is 28.0 Å². The predicted molar refractivity (Wildman–Crippen MR) is 124 cm³/mol. The summed E-state index contributed by atoms with van der Waals surface area (Å²) in [5.41, 5.74) is -0.485. The van der Waals surface area contributed by atoms with E-state index in [0.29, 0.717) is 24.3 Å². The van der Waals surface area contributed by atoms with Crippen LogP contribution < -0.4 is 10.3 Å². The molecule has 9 heteroatoms. The first-order valence-electron chi connectivity index (χ1n) is 11.0. The zero-order valence-electron chi connectivity index (χ0n) is 19.3. The van der Waals surface area contributed by atoms with Gasteiger partial charge in [-0.05, 0) is 48.6 Å². The number of pyridine rings is 1. The summed E-state index contributed by atoms with van der Waals surface area (Å²) in [5.74, 6) is 0.446. The number of nitrogens with zero attached hydrogens (tertiary/aromatic N) is 2. The van der Waals surface area contributed by atoms with Gasteiger partial charge in [0.15, 0.2) is 9.84 Å². The molecule has 0 aliphatic carbocycles. The maximum absolute atomic E-state index is 12.7. The number of fused-ring (bicyclic) bond motifs is 2. The molecule has 2 saturated heterocycles. The predicted octanol–water partition coefficient (Wildman–Crippen LogP) is 3.71. The van der Waals surface area contributed by atoms with Gasteiger partial charge < -0.3 is 9.84 Å². The summed E-state index contributed by atoms with van der Waals surface area (Å²) in [6, 6.07) is 9.16. The second kappa shape index (κ2) is 7.90. The zero-order chi connectivity index (χ0) is 24.2. The van der Waals surface area contributed by atoms with Crippen LogP contribution in [-0.2, 0) is 9.84 Å². The Morgan fingerprint density at radius 1 is 1.18 bits per heavy atom. The average Bonchev–Trinajstić information content (AvgIpc) is 2.96. The van der Waals surface area contributed by atoms with Crippen molar-refractivity contribution in [2.45, 2.75) is 69.0 Å². The highest BCUT2D eigenvalue weighted by molar-refractivity contribution is 7.90. The highest BCUT2D eigenvalue weighted by Gasteiger charge is 2.59. The molecule has 3 atom stereocenters. The van der Waals surface area contributed by atoms with Gasteiger partial charge in [0.2, 0.25) is 0 Å². The summed E-state index contributed by atoms with van der Waals surface area (Å²) < 4.78 is 30.9. The number of hydrogen-bond acceptors (Lipinski definition) is 5. The van der Waals surface area contributed by atoms with Crippen molar-refractivity contribution in [3.05, 3.63) is 52.9 Å². The van der Waals surface area contributed by atoms with E-state index in [4.69, 9.17) is 4.74 Å². The smallest absolute Gasteiger partial charge is 0.408 e. The first-order valence-corrected chi connectivity index (χ1v) is 12.9. The van der Waals surface area contributed by atoms with E-state index >= 15 is 0 Å². The third kappa shape index (κ3) is 4.14. The Kier molecular flexibility index (Phi) is 5.59. The molecule has 1 aromatic carbocycles. The maximum atomic E-state index is 12.7. The van der Waals surface area contributed by atoms with Crippen molar-refractivity contribution in [3.8, 4) is 11.4 Å². The van der Waals surface area contributed by atoms with Crippen molar-refractivity contribution < 1.29 is 23.1 Å². The second-order valence-electron chi connectivity index (χ2n) is 10.1. The van der Waals surface area contributed by atoms with E-state index in [0.717, 1.165) is 19.1 Å². The van der Waals surface area contributed by atoms with Crippen molar-refractivity contribution in [2.75, 3.05) is 6.26 Å². The number of rotatable bonds is 4. The minimum absolute atomic E-state index is 0.0887. The molecule has 1 amide bonds. The Labute approximate surface area is 193 Å². The molecule has 8 nitrogen and oxygen atoms in total. The molecular weight excluding hydrogens is 444 g/mol. The van der Waals surface area contributed by atoms with Crippen LogP contribution in [0.4, 0.5) is 4.79 Å². The van der Waals surface area contributed by atoms with Crippen LogP contribution in [0, 0.1) is 5.41 Å². The zero-order valence-corrected chi connectivity index (χ0v) is 20.1. The van der Waals surface area contributed by atoms with E-state index in [1.807, 2.05) is 0 Å².